The largest absolute Gasteiger partial charge is 0.398 e. The highest BCUT2D eigenvalue weighted by Crippen LogP contribution is 2.58. The SMILES string of the molecule is Nc1ccsc1CNC1CC2CC1C1CCCC21. The van der Waals surface area contributed by atoms with Crippen molar-refractivity contribution in [2.24, 2.45) is 23.7 Å². The number of nitrogens with one attached hydrogen (secondary N) is 1. The van der Waals surface area contributed by atoms with Gasteiger partial charge in [0.1, 0.15) is 0 Å². The molecule has 5 atom stereocenters. The molecule has 0 saturated heterocycles. The molecule has 0 radical (unpaired) electrons. The van der Waals surface area contributed by atoms with E-state index in [0.29, 0.717) is 0 Å². The second-order valence-electron chi connectivity index (χ2n) is 6.44. The zero-order valence-corrected chi connectivity index (χ0v) is 11.6. The minimum Gasteiger partial charge on any atom is -0.398 e. The van der Waals surface area contributed by atoms with Gasteiger partial charge in [-0.3, -0.25) is 0 Å². The van der Waals surface area contributed by atoms with Crippen molar-refractivity contribution in [2.75, 3.05) is 5.73 Å². The van der Waals surface area contributed by atoms with E-state index >= 15 is 0 Å². The zero-order chi connectivity index (χ0) is 12.1. The highest BCUT2D eigenvalue weighted by molar-refractivity contribution is 7.10. The van der Waals surface area contributed by atoms with Gasteiger partial charge in [0, 0.05) is 23.2 Å². The summed E-state index contributed by atoms with van der Waals surface area (Å²) in [6.07, 6.45) is 7.46. The number of nitrogens with two attached hydrogens (primary N) is 1. The highest BCUT2D eigenvalue weighted by atomic mass is 32.1. The monoisotopic (exact) mass is 262 g/mol. The minimum atomic E-state index is 0.774. The van der Waals surface area contributed by atoms with Gasteiger partial charge in [-0.15, -0.1) is 11.3 Å². The van der Waals surface area contributed by atoms with Crippen LogP contribution in [0.5, 0.6) is 0 Å². The Balaban J connectivity index is 1.41. The molecule has 1 heterocycles. The van der Waals surface area contributed by atoms with Crippen molar-refractivity contribution in [2.45, 2.75) is 44.7 Å². The van der Waals surface area contributed by atoms with E-state index in [-0.39, 0.29) is 0 Å². The summed E-state index contributed by atoms with van der Waals surface area (Å²) in [5.41, 5.74) is 6.92. The van der Waals surface area contributed by atoms with Crippen LogP contribution < -0.4 is 11.1 Å². The fourth-order valence-electron chi connectivity index (χ4n) is 5.02. The van der Waals surface area contributed by atoms with Crippen molar-refractivity contribution in [1.29, 1.82) is 0 Å². The number of hydrogen-bond acceptors (Lipinski definition) is 3. The Kier molecular flexibility index (Phi) is 2.66. The summed E-state index contributed by atoms with van der Waals surface area (Å²) in [6.45, 7) is 0.981. The fourth-order valence-corrected chi connectivity index (χ4v) is 5.77. The lowest BCUT2D eigenvalue weighted by atomic mass is 9.79. The van der Waals surface area contributed by atoms with Gasteiger partial charge in [0.25, 0.3) is 0 Å². The molecule has 98 valence electrons. The maximum atomic E-state index is 5.96. The van der Waals surface area contributed by atoms with Crippen LogP contribution in [0.15, 0.2) is 11.4 Å². The molecule has 1 aromatic rings. The normalized spacial score (nSPS) is 41.4. The van der Waals surface area contributed by atoms with Crippen molar-refractivity contribution in [3.63, 3.8) is 0 Å². The van der Waals surface area contributed by atoms with Crippen molar-refractivity contribution < 1.29 is 0 Å². The molecule has 4 rings (SSSR count). The van der Waals surface area contributed by atoms with E-state index in [1.165, 1.54) is 37.0 Å². The van der Waals surface area contributed by atoms with Crippen LogP contribution in [-0.2, 0) is 6.54 Å². The van der Waals surface area contributed by atoms with E-state index in [2.05, 4.69) is 10.7 Å². The Morgan fingerprint density at radius 2 is 2.11 bits per heavy atom. The molecule has 3 fully saturated rings. The van der Waals surface area contributed by atoms with Crippen molar-refractivity contribution in [3.05, 3.63) is 16.3 Å². The van der Waals surface area contributed by atoms with E-state index < -0.39 is 0 Å². The molecular formula is C15H22N2S. The second-order valence-corrected chi connectivity index (χ2v) is 7.44. The van der Waals surface area contributed by atoms with E-state index in [4.69, 9.17) is 5.73 Å². The Labute approximate surface area is 113 Å². The maximum Gasteiger partial charge on any atom is 0.0468 e. The summed E-state index contributed by atoms with van der Waals surface area (Å²) >= 11 is 1.78. The molecule has 1 aromatic heterocycles. The molecule has 3 aliphatic carbocycles. The fraction of sp³-hybridized carbons (Fsp3) is 0.733. The predicted octanol–water partition coefficient (Wildman–Crippen LogP) is 3.24. The first-order valence-corrected chi connectivity index (χ1v) is 8.26. The number of rotatable bonds is 3. The first kappa shape index (κ1) is 11.3. The highest BCUT2D eigenvalue weighted by Gasteiger charge is 2.53. The van der Waals surface area contributed by atoms with Crippen molar-refractivity contribution in [3.8, 4) is 0 Å². The summed E-state index contributed by atoms with van der Waals surface area (Å²) < 4.78 is 0. The molecule has 18 heavy (non-hydrogen) atoms. The smallest absolute Gasteiger partial charge is 0.0468 e. The van der Waals surface area contributed by atoms with Gasteiger partial charge in [0.05, 0.1) is 0 Å². The van der Waals surface area contributed by atoms with E-state index in [0.717, 1.165) is 41.9 Å². The quantitative estimate of drug-likeness (QED) is 0.877. The van der Waals surface area contributed by atoms with Gasteiger partial charge in [-0.05, 0) is 60.8 Å². The average molecular weight is 262 g/mol. The lowest BCUT2D eigenvalue weighted by molar-refractivity contribution is 0.208. The third kappa shape index (κ3) is 1.64. The summed E-state index contributed by atoms with van der Waals surface area (Å²) in [5.74, 6) is 4.17. The molecule has 3 aliphatic rings. The number of fused-ring (bicyclic) bond motifs is 5. The molecule has 2 bridgehead atoms. The van der Waals surface area contributed by atoms with Crippen LogP contribution in [0.3, 0.4) is 0 Å². The van der Waals surface area contributed by atoms with Crippen LogP contribution in [0.4, 0.5) is 5.69 Å². The molecule has 5 unspecified atom stereocenters. The molecule has 3 saturated carbocycles. The lowest BCUT2D eigenvalue weighted by Gasteiger charge is -2.32. The first-order chi connectivity index (χ1) is 8.83. The predicted molar refractivity (Wildman–Crippen MR) is 76.4 cm³/mol. The van der Waals surface area contributed by atoms with Crippen LogP contribution in [0.2, 0.25) is 0 Å². The Morgan fingerprint density at radius 3 is 2.94 bits per heavy atom. The second kappa shape index (κ2) is 4.24. The molecular weight excluding hydrogens is 240 g/mol. The van der Waals surface area contributed by atoms with Crippen LogP contribution in [0.1, 0.15) is 37.0 Å². The topological polar surface area (TPSA) is 38.0 Å². The first-order valence-electron chi connectivity index (χ1n) is 7.38. The van der Waals surface area contributed by atoms with E-state index in [1.807, 2.05) is 6.07 Å². The van der Waals surface area contributed by atoms with Gasteiger partial charge in [-0.1, -0.05) is 6.42 Å². The maximum absolute atomic E-state index is 5.96. The molecule has 0 aromatic carbocycles. The molecule has 3 N–H and O–H groups in total. The van der Waals surface area contributed by atoms with Gasteiger partial charge in [-0.2, -0.15) is 0 Å². The van der Waals surface area contributed by atoms with Gasteiger partial charge in [-0.25, -0.2) is 0 Å². The van der Waals surface area contributed by atoms with Gasteiger partial charge >= 0.3 is 0 Å². The Bertz CT molecular complexity index is 441. The number of hydrogen-bond donors (Lipinski definition) is 2. The van der Waals surface area contributed by atoms with Crippen molar-refractivity contribution in [1.82, 2.24) is 5.32 Å². The van der Waals surface area contributed by atoms with Crippen LogP contribution in [0, 0.1) is 23.7 Å². The van der Waals surface area contributed by atoms with E-state index in [1.54, 1.807) is 11.3 Å². The van der Waals surface area contributed by atoms with Crippen LogP contribution in [-0.4, -0.2) is 6.04 Å². The van der Waals surface area contributed by atoms with Gasteiger partial charge < -0.3 is 11.1 Å². The summed E-state index contributed by atoms with van der Waals surface area (Å²) in [4.78, 5) is 1.32. The van der Waals surface area contributed by atoms with Crippen LogP contribution in [0.25, 0.3) is 0 Å². The zero-order valence-electron chi connectivity index (χ0n) is 10.8. The summed E-state index contributed by atoms with van der Waals surface area (Å²) in [7, 11) is 0. The number of thiophene rings is 1. The third-order valence-electron chi connectivity index (χ3n) is 5.73. The van der Waals surface area contributed by atoms with Gasteiger partial charge in [0.15, 0.2) is 0 Å². The average Bonchev–Trinajstić information content (AvgIpc) is 3.08. The lowest BCUT2D eigenvalue weighted by Crippen LogP contribution is -2.38. The summed E-state index contributed by atoms with van der Waals surface area (Å²) in [5, 5.41) is 5.90. The molecule has 2 nitrogen and oxygen atoms in total. The van der Waals surface area contributed by atoms with Gasteiger partial charge in [0.2, 0.25) is 0 Å². The Hall–Kier alpha value is -0.540. The standard InChI is InChI=1S/C15H22N2S/c16-13-4-5-18-15(13)8-17-14-7-9-6-12(14)11-3-1-2-10(9)11/h4-5,9-12,14,17H,1-3,6-8,16H2. The van der Waals surface area contributed by atoms with Crippen molar-refractivity contribution >= 4 is 17.0 Å². The number of anilines is 1. The molecule has 0 spiro atoms. The van der Waals surface area contributed by atoms with E-state index in [9.17, 15) is 0 Å². The molecule has 3 heteroatoms. The molecule has 0 amide bonds. The minimum absolute atomic E-state index is 0.774. The number of nitrogen functional groups attached to an aromatic ring is 1. The summed E-state index contributed by atoms with van der Waals surface area (Å²) in [6, 6.07) is 2.80. The Morgan fingerprint density at radius 1 is 1.22 bits per heavy atom. The molecule has 0 aliphatic heterocycles. The third-order valence-corrected chi connectivity index (χ3v) is 6.67. The van der Waals surface area contributed by atoms with Crippen LogP contribution >= 0.6 is 11.3 Å².